The number of hydrogen-bond acceptors (Lipinski definition) is 4. The van der Waals surface area contributed by atoms with Crippen LogP contribution in [0.2, 0.25) is 0 Å². The molecule has 4 N–H and O–H groups in total. The molecule has 2 unspecified atom stereocenters. The Labute approximate surface area is 123 Å². The Bertz CT molecular complexity index is 405. The highest BCUT2D eigenvalue weighted by molar-refractivity contribution is 5.90. The first-order chi connectivity index (χ1) is 9.77. The van der Waals surface area contributed by atoms with Gasteiger partial charge in [0.15, 0.2) is 5.54 Å². The highest BCUT2D eigenvalue weighted by Gasteiger charge is 2.44. The van der Waals surface area contributed by atoms with Crippen molar-refractivity contribution in [3.63, 3.8) is 0 Å². The summed E-state index contributed by atoms with van der Waals surface area (Å²) >= 11 is 0. The fraction of sp³-hybridized carbons (Fsp3) is 0.769. The first-order valence-electron chi connectivity index (χ1n) is 6.94. The van der Waals surface area contributed by atoms with E-state index in [1.54, 1.807) is 0 Å². The second-order valence-corrected chi connectivity index (χ2v) is 5.65. The lowest BCUT2D eigenvalue weighted by molar-refractivity contribution is -0.144. The molecule has 0 saturated carbocycles. The Morgan fingerprint density at radius 2 is 1.95 bits per heavy atom. The lowest BCUT2D eigenvalue weighted by Crippen LogP contribution is -2.60. The van der Waals surface area contributed by atoms with Crippen LogP contribution >= 0.6 is 0 Å². The second kappa shape index (κ2) is 7.26. The smallest absolute Gasteiger partial charge is 0.332 e. The number of urea groups is 1. The minimum Gasteiger partial charge on any atom is -0.479 e. The molecule has 21 heavy (non-hydrogen) atoms. The van der Waals surface area contributed by atoms with E-state index in [4.69, 9.17) is 4.74 Å². The van der Waals surface area contributed by atoms with E-state index < -0.39 is 23.6 Å². The molecule has 0 aliphatic carbocycles. The molecule has 0 aromatic rings. The van der Waals surface area contributed by atoms with E-state index in [0.717, 1.165) is 0 Å². The summed E-state index contributed by atoms with van der Waals surface area (Å²) in [6.07, 6.45) is 0.198. The predicted octanol–water partition coefficient (Wildman–Crippen LogP) is -0.310. The van der Waals surface area contributed by atoms with E-state index in [-0.39, 0.29) is 25.5 Å². The van der Waals surface area contributed by atoms with Crippen LogP contribution in [0, 0.1) is 5.92 Å². The first kappa shape index (κ1) is 17.2. The third-order valence-corrected chi connectivity index (χ3v) is 3.21. The summed E-state index contributed by atoms with van der Waals surface area (Å²) in [7, 11) is 0. The van der Waals surface area contributed by atoms with Crippen molar-refractivity contribution in [2.45, 2.75) is 38.8 Å². The van der Waals surface area contributed by atoms with Crippen LogP contribution in [0.1, 0.15) is 27.2 Å². The number of carbonyl (C=O) groups is 3. The van der Waals surface area contributed by atoms with Crippen LogP contribution < -0.4 is 16.0 Å². The van der Waals surface area contributed by atoms with Crippen LogP contribution in [0.25, 0.3) is 0 Å². The van der Waals surface area contributed by atoms with E-state index in [2.05, 4.69) is 16.0 Å². The number of hydrogen-bond donors (Lipinski definition) is 4. The molecule has 1 rings (SSSR count). The molecule has 0 aromatic carbocycles. The minimum absolute atomic E-state index is 0.0797. The number of rotatable bonds is 6. The van der Waals surface area contributed by atoms with Gasteiger partial charge in [-0.15, -0.1) is 0 Å². The van der Waals surface area contributed by atoms with Crippen LogP contribution in [0.15, 0.2) is 0 Å². The average Bonchev–Trinajstić information content (AvgIpc) is 2.85. The van der Waals surface area contributed by atoms with Gasteiger partial charge in [0.25, 0.3) is 0 Å². The van der Waals surface area contributed by atoms with Gasteiger partial charge in [0, 0.05) is 19.6 Å². The van der Waals surface area contributed by atoms with Gasteiger partial charge in [0.2, 0.25) is 5.91 Å². The Morgan fingerprint density at radius 1 is 1.29 bits per heavy atom. The number of amides is 3. The predicted molar refractivity (Wildman–Crippen MR) is 74.8 cm³/mol. The molecule has 0 aromatic heterocycles. The van der Waals surface area contributed by atoms with Crippen molar-refractivity contribution in [1.29, 1.82) is 0 Å². The fourth-order valence-electron chi connectivity index (χ4n) is 1.86. The Balaban J connectivity index is 2.49. The number of aliphatic carboxylic acids is 1. The summed E-state index contributed by atoms with van der Waals surface area (Å²) in [5, 5.41) is 16.7. The summed E-state index contributed by atoms with van der Waals surface area (Å²) in [5.74, 6) is -1.15. The fourth-order valence-corrected chi connectivity index (χ4v) is 1.86. The number of nitrogens with one attached hydrogen (secondary N) is 3. The topological polar surface area (TPSA) is 117 Å². The van der Waals surface area contributed by atoms with E-state index in [1.807, 2.05) is 13.8 Å². The van der Waals surface area contributed by atoms with Crippen molar-refractivity contribution >= 4 is 17.9 Å². The molecular weight excluding hydrogens is 278 g/mol. The van der Waals surface area contributed by atoms with Gasteiger partial charge in [-0.05, 0) is 12.8 Å². The largest absolute Gasteiger partial charge is 0.479 e. The maximum atomic E-state index is 11.8. The Hall–Kier alpha value is -1.83. The molecule has 1 aliphatic rings. The summed E-state index contributed by atoms with van der Waals surface area (Å²) in [6.45, 7) is 6.16. The average molecular weight is 301 g/mol. The molecule has 3 amide bonds. The third-order valence-electron chi connectivity index (χ3n) is 3.21. The van der Waals surface area contributed by atoms with Gasteiger partial charge in [-0.3, -0.25) is 4.79 Å². The Morgan fingerprint density at radius 3 is 2.43 bits per heavy atom. The highest BCUT2D eigenvalue weighted by atomic mass is 16.5. The van der Waals surface area contributed by atoms with Crippen molar-refractivity contribution in [1.82, 2.24) is 16.0 Å². The zero-order chi connectivity index (χ0) is 16.0. The van der Waals surface area contributed by atoms with Gasteiger partial charge in [-0.2, -0.15) is 0 Å². The molecule has 8 nitrogen and oxygen atoms in total. The number of ether oxygens (including phenoxy) is 1. The minimum atomic E-state index is -1.42. The summed E-state index contributed by atoms with van der Waals surface area (Å²) in [6, 6.07) is -1.45. The standard InChI is InChI=1S/C13H23N3O5/c1-8(2)6-14-10(17)9(3)15-12(20)16-13(11(18)19)4-5-21-7-13/h8-9H,4-7H2,1-3H3,(H,14,17)(H,18,19)(H2,15,16,20). The molecule has 2 atom stereocenters. The molecule has 1 heterocycles. The van der Waals surface area contributed by atoms with Crippen LogP contribution in [-0.2, 0) is 14.3 Å². The van der Waals surface area contributed by atoms with Crippen molar-refractivity contribution in [3.05, 3.63) is 0 Å². The maximum absolute atomic E-state index is 11.8. The molecule has 1 fully saturated rings. The van der Waals surface area contributed by atoms with E-state index in [0.29, 0.717) is 12.5 Å². The van der Waals surface area contributed by atoms with E-state index in [9.17, 15) is 19.5 Å². The normalized spacial score (nSPS) is 22.7. The quantitative estimate of drug-likeness (QED) is 0.537. The highest BCUT2D eigenvalue weighted by Crippen LogP contribution is 2.18. The molecule has 1 saturated heterocycles. The summed E-state index contributed by atoms with van der Waals surface area (Å²) in [5.41, 5.74) is -1.42. The first-order valence-corrected chi connectivity index (χ1v) is 6.94. The molecule has 8 heteroatoms. The van der Waals surface area contributed by atoms with Crippen molar-refractivity contribution < 1.29 is 24.2 Å². The Kier molecular flexibility index (Phi) is 5.95. The second-order valence-electron chi connectivity index (χ2n) is 5.65. The number of carboxylic acid groups (broad SMARTS) is 1. The lowest BCUT2D eigenvalue weighted by Gasteiger charge is -2.25. The SMILES string of the molecule is CC(C)CNC(=O)C(C)NC(=O)NC1(C(=O)O)CCOC1. The van der Waals surface area contributed by atoms with Crippen LogP contribution in [0.4, 0.5) is 4.79 Å². The monoisotopic (exact) mass is 301 g/mol. The van der Waals surface area contributed by atoms with Gasteiger partial charge in [0.1, 0.15) is 6.04 Å². The van der Waals surface area contributed by atoms with Crippen molar-refractivity contribution in [2.24, 2.45) is 5.92 Å². The summed E-state index contributed by atoms with van der Waals surface area (Å²) in [4.78, 5) is 34.8. The van der Waals surface area contributed by atoms with Gasteiger partial charge in [0.05, 0.1) is 6.61 Å². The maximum Gasteiger partial charge on any atom is 0.332 e. The van der Waals surface area contributed by atoms with Gasteiger partial charge in [-0.1, -0.05) is 13.8 Å². The summed E-state index contributed by atoms with van der Waals surface area (Å²) < 4.78 is 5.04. The zero-order valence-corrected chi connectivity index (χ0v) is 12.6. The lowest BCUT2D eigenvalue weighted by atomic mass is 9.99. The van der Waals surface area contributed by atoms with Crippen molar-refractivity contribution in [3.8, 4) is 0 Å². The molecule has 120 valence electrons. The van der Waals surface area contributed by atoms with Crippen LogP contribution in [0.3, 0.4) is 0 Å². The van der Waals surface area contributed by atoms with Crippen LogP contribution in [-0.4, -0.2) is 54.4 Å². The number of carboxylic acids is 1. The molecular formula is C13H23N3O5. The third kappa shape index (κ3) is 4.89. The zero-order valence-electron chi connectivity index (χ0n) is 12.6. The van der Waals surface area contributed by atoms with Gasteiger partial charge in [-0.25, -0.2) is 9.59 Å². The molecule has 0 radical (unpaired) electrons. The number of carbonyl (C=O) groups excluding carboxylic acids is 2. The van der Waals surface area contributed by atoms with E-state index in [1.165, 1.54) is 6.92 Å². The van der Waals surface area contributed by atoms with E-state index >= 15 is 0 Å². The molecule has 0 spiro atoms. The van der Waals surface area contributed by atoms with Gasteiger partial charge >= 0.3 is 12.0 Å². The van der Waals surface area contributed by atoms with Crippen LogP contribution in [0.5, 0.6) is 0 Å². The van der Waals surface area contributed by atoms with Gasteiger partial charge < -0.3 is 25.8 Å². The molecule has 0 bridgehead atoms. The van der Waals surface area contributed by atoms with Crippen molar-refractivity contribution in [2.75, 3.05) is 19.8 Å². The molecule has 1 aliphatic heterocycles.